The molecule has 1 saturated heterocycles. The Morgan fingerprint density at radius 3 is 3.00 bits per heavy atom. The quantitative estimate of drug-likeness (QED) is 0.838. The number of methoxy groups -OCH3 is 1. The van der Waals surface area contributed by atoms with E-state index in [1.54, 1.807) is 7.11 Å². The molecule has 1 aliphatic heterocycles. The zero-order valence-corrected chi connectivity index (χ0v) is 13.9. The van der Waals surface area contributed by atoms with Crippen LogP contribution in [0.1, 0.15) is 23.2 Å². The van der Waals surface area contributed by atoms with Crippen molar-refractivity contribution >= 4 is 45.6 Å². The molecular formula is C12H18BrClN2O2S. The average molecular weight is 370 g/mol. The molecule has 0 spiro atoms. The first-order chi connectivity index (χ1) is 8.65. The first kappa shape index (κ1) is 16.9. The summed E-state index contributed by atoms with van der Waals surface area (Å²) in [5, 5.41) is 8.27. The van der Waals surface area contributed by atoms with Crippen LogP contribution in [0.2, 0.25) is 0 Å². The minimum Gasteiger partial charge on any atom is -0.383 e. The summed E-state index contributed by atoms with van der Waals surface area (Å²) in [6.45, 7) is 2.22. The molecule has 19 heavy (non-hydrogen) atoms. The molecule has 1 aliphatic rings. The number of hydrogen-bond acceptors (Lipinski definition) is 4. The van der Waals surface area contributed by atoms with E-state index < -0.39 is 0 Å². The smallest absolute Gasteiger partial charge is 0.252 e. The second-order valence-electron chi connectivity index (χ2n) is 4.57. The highest BCUT2D eigenvalue weighted by Crippen LogP contribution is 2.22. The number of nitrogens with one attached hydrogen (secondary N) is 2. The lowest BCUT2D eigenvalue weighted by Crippen LogP contribution is -2.52. The van der Waals surface area contributed by atoms with Gasteiger partial charge in [-0.3, -0.25) is 4.79 Å². The van der Waals surface area contributed by atoms with Crippen molar-refractivity contribution in [1.82, 2.24) is 10.6 Å². The van der Waals surface area contributed by atoms with Crippen LogP contribution in [0.4, 0.5) is 0 Å². The van der Waals surface area contributed by atoms with Crippen LogP contribution < -0.4 is 10.6 Å². The van der Waals surface area contributed by atoms with E-state index in [2.05, 4.69) is 26.6 Å². The van der Waals surface area contributed by atoms with Gasteiger partial charge in [0.05, 0.1) is 21.5 Å². The lowest BCUT2D eigenvalue weighted by molar-refractivity contribution is 0.0892. The number of amides is 1. The molecule has 0 radical (unpaired) electrons. The number of hydrogen-bond donors (Lipinski definition) is 2. The third kappa shape index (κ3) is 4.43. The summed E-state index contributed by atoms with van der Waals surface area (Å²) in [6.07, 6.45) is 2.16. The van der Waals surface area contributed by atoms with Gasteiger partial charge < -0.3 is 15.4 Å². The van der Waals surface area contributed by atoms with E-state index in [9.17, 15) is 4.79 Å². The van der Waals surface area contributed by atoms with Gasteiger partial charge in [-0.05, 0) is 41.4 Å². The van der Waals surface area contributed by atoms with E-state index in [1.165, 1.54) is 11.3 Å². The Labute approximate surface area is 131 Å². The molecule has 2 rings (SSSR count). The molecule has 1 amide bonds. The minimum atomic E-state index is -0.0995. The summed E-state index contributed by atoms with van der Waals surface area (Å²) < 4.78 is 6.22. The standard InChI is InChI=1S/C12H17BrN2O2S.ClH/c1-17-8-12(3-2-4-15-12)7-14-11(16)9-5-10(13)18-6-9;/h5-6,15H,2-4,7-8H2,1H3,(H,14,16);1H. The molecule has 2 N–H and O–H groups in total. The van der Waals surface area contributed by atoms with Gasteiger partial charge in [0, 0.05) is 19.0 Å². The molecule has 4 nitrogen and oxygen atoms in total. The zero-order valence-electron chi connectivity index (χ0n) is 10.7. The van der Waals surface area contributed by atoms with Crippen LogP contribution >= 0.6 is 39.7 Å². The van der Waals surface area contributed by atoms with Crippen molar-refractivity contribution in [3.63, 3.8) is 0 Å². The van der Waals surface area contributed by atoms with Gasteiger partial charge in [0.15, 0.2) is 0 Å². The van der Waals surface area contributed by atoms with E-state index in [4.69, 9.17) is 4.74 Å². The van der Waals surface area contributed by atoms with Crippen molar-refractivity contribution in [2.24, 2.45) is 0 Å². The Kier molecular flexibility index (Phi) is 6.76. The van der Waals surface area contributed by atoms with Gasteiger partial charge in [-0.1, -0.05) is 0 Å². The van der Waals surface area contributed by atoms with E-state index in [0.29, 0.717) is 18.7 Å². The number of carbonyl (C=O) groups is 1. The topological polar surface area (TPSA) is 50.4 Å². The average Bonchev–Trinajstić information content (AvgIpc) is 2.97. The maximum atomic E-state index is 12.0. The third-order valence-electron chi connectivity index (χ3n) is 3.17. The molecule has 1 atom stereocenters. The van der Waals surface area contributed by atoms with E-state index >= 15 is 0 Å². The summed E-state index contributed by atoms with van der Waals surface area (Å²) in [5.41, 5.74) is 0.606. The van der Waals surface area contributed by atoms with Gasteiger partial charge in [-0.15, -0.1) is 23.7 Å². The van der Waals surface area contributed by atoms with Gasteiger partial charge >= 0.3 is 0 Å². The molecule has 0 aromatic carbocycles. The zero-order chi connectivity index (χ0) is 13.0. The first-order valence-electron chi connectivity index (χ1n) is 5.91. The summed E-state index contributed by atoms with van der Waals surface area (Å²) in [4.78, 5) is 12.0. The fraction of sp³-hybridized carbons (Fsp3) is 0.583. The lowest BCUT2D eigenvalue weighted by Gasteiger charge is -2.28. The van der Waals surface area contributed by atoms with Crippen LogP contribution in [0.15, 0.2) is 15.2 Å². The van der Waals surface area contributed by atoms with Crippen molar-refractivity contribution < 1.29 is 9.53 Å². The molecule has 0 bridgehead atoms. The van der Waals surface area contributed by atoms with Gasteiger partial charge in [0.1, 0.15) is 0 Å². The predicted molar refractivity (Wildman–Crippen MR) is 83.4 cm³/mol. The maximum Gasteiger partial charge on any atom is 0.252 e. The van der Waals surface area contributed by atoms with Crippen molar-refractivity contribution in [1.29, 1.82) is 0 Å². The monoisotopic (exact) mass is 368 g/mol. The summed E-state index contributed by atoms with van der Waals surface area (Å²) in [7, 11) is 1.69. The Bertz CT molecular complexity index is 422. The fourth-order valence-corrected chi connectivity index (χ4v) is 3.39. The molecule has 1 aromatic rings. The Balaban J connectivity index is 0.00000180. The molecular weight excluding hydrogens is 352 g/mol. The van der Waals surface area contributed by atoms with Crippen LogP contribution in [0.25, 0.3) is 0 Å². The molecule has 0 aliphatic carbocycles. The highest BCUT2D eigenvalue weighted by molar-refractivity contribution is 9.11. The molecule has 108 valence electrons. The van der Waals surface area contributed by atoms with Crippen molar-refractivity contribution in [3.05, 3.63) is 20.8 Å². The number of ether oxygens (including phenoxy) is 1. The summed E-state index contributed by atoms with van der Waals surface area (Å²) >= 11 is 4.88. The van der Waals surface area contributed by atoms with Crippen molar-refractivity contribution in [3.8, 4) is 0 Å². The van der Waals surface area contributed by atoms with Crippen molar-refractivity contribution in [2.75, 3.05) is 26.8 Å². The van der Waals surface area contributed by atoms with E-state index in [1.807, 2.05) is 11.4 Å². The van der Waals surface area contributed by atoms with E-state index in [-0.39, 0.29) is 23.9 Å². The third-order valence-corrected chi connectivity index (χ3v) is 4.67. The van der Waals surface area contributed by atoms with Gasteiger partial charge in [0.2, 0.25) is 0 Å². The Morgan fingerprint density at radius 2 is 2.47 bits per heavy atom. The fourth-order valence-electron chi connectivity index (χ4n) is 2.25. The van der Waals surface area contributed by atoms with Crippen LogP contribution in [0, 0.1) is 0 Å². The normalized spacial score (nSPS) is 22.0. The number of thiophene rings is 1. The molecule has 0 saturated carbocycles. The summed E-state index contributed by atoms with van der Waals surface area (Å²) in [6, 6.07) is 1.84. The lowest BCUT2D eigenvalue weighted by atomic mass is 9.98. The van der Waals surface area contributed by atoms with Crippen LogP contribution in [0.3, 0.4) is 0 Å². The highest BCUT2D eigenvalue weighted by Gasteiger charge is 2.33. The second-order valence-corrected chi connectivity index (χ2v) is 6.86. The van der Waals surface area contributed by atoms with Crippen LogP contribution in [-0.2, 0) is 4.74 Å². The minimum absolute atomic E-state index is 0. The first-order valence-corrected chi connectivity index (χ1v) is 7.59. The summed E-state index contributed by atoms with van der Waals surface area (Å²) in [5.74, 6) is -0.0267. The highest BCUT2D eigenvalue weighted by atomic mass is 79.9. The van der Waals surface area contributed by atoms with Crippen LogP contribution in [0.5, 0.6) is 0 Å². The maximum absolute atomic E-state index is 12.0. The Morgan fingerprint density at radius 1 is 1.68 bits per heavy atom. The molecule has 1 aromatic heterocycles. The number of carbonyl (C=O) groups excluding carboxylic acids is 1. The van der Waals surface area contributed by atoms with Crippen molar-refractivity contribution in [2.45, 2.75) is 18.4 Å². The van der Waals surface area contributed by atoms with E-state index in [0.717, 1.165) is 23.2 Å². The van der Waals surface area contributed by atoms with Gasteiger partial charge in [0.25, 0.3) is 5.91 Å². The molecule has 2 heterocycles. The number of halogens is 2. The molecule has 1 fully saturated rings. The number of rotatable bonds is 5. The predicted octanol–water partition coefficient (Wildman–Crippen LogP) is 2.43. The Hall–Kier alpha value is -0.140. The van der Waals surface area contributed by atoms with Crippen LogP contribution in [-0.4, -0.2) is 38.3 Å². The SMILES string of the molecule is COCC1(CNC(=O)c2csc(Br)c2)CCCN1.Cl. The molecule has 1 unspecified atom stereocenters. The largest absolute Gasteiger partial charge is 0.383 e. The van der Waals surface area contributed by atoms with Gasteiger partial charge in [-0.25, -0.2) is 0 Å². The second kappa shape index (κ2) is 7.59. The van der Waals surface area contributed by atoms with Gasteiger partial charge in [-0.2, -0.15) is 0 Å². The molecule has 7 heteroatoms.